The van der Waals surface area contributed by atoms with E-state index >= 15 is 0 Å². The number of nitrogens with one attached hydrogen (secondary N) is 1. The molecule has 1 aliphatic heterocycles. The largest absolute Gasteiger partial charge is 0.490 e. The maximum absolute atomic E-state index is 12.7. The molecule has 146 valence electrons. The Morgan fingerprint density at radius 2 is 1.85 bits per heavy atom. The fraction of sp³-hybridized carbons (Fsp3) is 0.381. The van der Waals surface area contributed by atoms with Gasteiger partial charge in [-0.3, -0.25) is 4.79 Å². The molecule has 1 saturated heterocycles. The van der Waals surface area contributed by atoms with E-state index in [0.29, 0.717) is 5.69 Å². The van der Waals surface area contributed by atoms with Crippen molar-refractivity contribution in [3.63, 3.8) is 0 Å². The van der Waals surface area contributed by atoms with Crippen LogP contribution in [0, 0.1) is 6.92 Å². The minimum absolute atomic E-state index is 0. The van der Waals surface area contributed by atoms with E-state index in [-0.39, 0.29) is 24.4 Å². The van der Waals surface area contributed by atoms with Crippen molar-refractivity contribution in [3.05, 3.63) is 59.7 Å². The van der Waals surface area contributed by atoms with Gasteiger partial charge in [0.15, 0.2) is 0 Å². The fourth-order valence-electron chi connectivity index (χ4n) is 3.01. The molecule has 0 radical (unpaired) electrons. The van der Waals surface area contributed by atoms with Crippen LogP contribution in [0.15, 0.2) is 48.5 Å². The minimum atomic E-state index is -1.10. The van der Waals surface area contributed by atoms with Crippen LogP contribution >= 0.6 is 12.4 Å². The monoisotopic (exact) mass is 390 g/mol. The van der Waals surface area contributed by atoms with Crippen LogP contribution < -0.4 is 15.8 Å². The molecule has 0 bridgehead atoms. The van der Waals surface area contributed by atoms with Crippen LogP contribution in [0.3, 0.4) is 0 Å². The Morgan fingerprint density at radius 3 is 2.48 bits per heavy atom. The molecule has 3 N–H and O–H groups in total. The maximum atomic E-state index is 12.7. The van der Waals surface area contributed by atoms with Gasteiger partial charge in [0.2, 0.25) is 5.91 Å². The summed E-state index contributed by atoms with van der Waals surface area (Å²) in [6.45, 7) is 5.18. The summed E-state index contributed by atoms with van der Waals surface area (Å²) >= 11 is 0. The highest BCUT2D eigenvalue weighted by Crippen LogP contribution is 2.26. The van der Waals surface area contributed by atoms with Gasteiger partial charge in [0.1, 0.15) is 17.4 Å². The molecule has 1 amide bonds. The van der Waals surface area contributed by atoms with Crippen molar-refractivity contribution in [3.8, 4) is 5.75 Å². The summed E-state index contributed by atoms with van der Waals surface area (Å²) < 4.78 is 11.4. The zero-order valence-electron chi connectivity index (χ0n) is 15.7. The first-order valence-corrected chi connectivity index (χ1v) is 8.98. The number of carbonyl (C=O) groups excluding carboxylic acids is 1. The number of amides is 1. The van der Waals surface area contributed by atoms with Gasteiger partial charge in [0, 0.05) is 18.5 Å². The lowest BCUT2D eigenvalue weighted by atomic mass is 9.92. The lowest BCUT2D eigenvalue weighted by Crippen LogP contribution is -2.45. The molecule has 0 aliphatic carbocycles. The first kappa shape index (κ1) is 21.2. The number of carbonyl (C=O) groups is 1. The predicted molar refractivity (Wildman–Crippen MR) is 110 cm³/mol. The van der Waals surface area contributed by atoms with Crippen LogP contribution in [0.2, 0.25) is 0 Å². The number of anilines is 1. The molecule has 2 aromatic rings. The summed E-state index contributed by atoms with van der Waals surface area (Å²) in [5.41, 5.74) is 7.63. The summed E-state index contributed by atoms with van der Waals surface area (Å²) in [7, 11) is 0. The molecular formula is C21H27ClN2O3. The number of aryl methyl sites for hydroxylation is 1. The van der Waals surface area contributed by atoms with Crippen molar-refractivity contribution < 1.29 is 14.3 Å². The SMILES string of the molecule is Cc1cc(NC(=O)C(C)(N)c2ccccc2)ccc1OC1CCOCC1.Cl. The Bertz CT molecular complexity index is 759. The summed E-state index contributed by atoms with van der Waals surface area (Å²) in [4.78, 5) is 12.7. The number of rotatable bonds is 5. The quantitative estimate of drug-likeness (QED) is 0.814. The van der Waals surface area contributed by atoms with E-state index in [1.165, 1.54) is 0 Å². The van der Waals surface area contributed by atoms with Gasteiger partial charge in [-0.2, -0.15) is 0 Å². The molecule has 0 spiro atoms. The lowest BCUT2D eigenvalue weighted by molar-refractivity contribution is -0.120. The smallest absolute Gasteiger partial charge is 0.248 e. The molecule has 1 atom stereocenters. The van der Waals surface area contributed by atoms with Crippen molar-refractivity contribution in [2.45, 2.75) is 38.3 Å². The van der Waals surface area contributed by atoms with E-state index in [9.17, 15) is 4.79 Å². The second kappa shape index (κ2) is 9.22. The third kappa shape index (κ3) is 5.22. The van der Waals surface area contributed by atoms with Crippen LogP contribution in [0.5, 0.6) is 5.75 Å². The standard InChI is InChI=1S/C21H26N2O3.ClH/c1-15-14-17(8-9-19(15)26-18-10-12-25-13-11-18)23-20(24)21(2,22)16-6-4-3-5-7-16;/h3-9,14,18H,10-13,22H2,1-2H3,(H,23,24);1H. The number of hydrogen-bond donors (Lipinski definition) is 2. The van der Waals surface area contributed by atoms with E-state index in [1.807, 2.05) is 55.5 Å². The van der Waals surface area contributed by atoms with Crippen LogP contribution in [0.1, 0.15) is 30.9 Å². The van der Waals surface area contributed by atoms with Gasteiger partial charge in [-0.25, -0.2) is 0 Å². The van der Waals surface area contributed by atoms with Crippen molar-refractivity contribution >= 4 is 24.0 Å². The molecule has 2 aromatic carbocycles. The second-order valence-electron chi connectivity index (χ2n) is 6.93. The van der Waals surface area contributed by atoms with Gasteiger partial charge in [0.25, 0.3) is 0 Å². The molecule has 0 aromatic heterocycles. The highest BCUT2D eigenvalue weighted by molar-refractivity contribution is 5.98. The second-order valence-corrected chi connectivity index (χ2v) is 6.93. The average molecular weight is 391 g/mol. The first-order chi connectivity index (χ1) is 12.5. The molecule has 1 aliphatic rings. The summed E-state index contributed by atoms with van der Waals surface area (Å²) in [5, 5.41) is 2.91. The highest BCUT2D eigenvalue weighted by atomic mass is 35.5. The number of benzene rings is 2. The Morgan fingerprint density at radius 1 is 1.19 bits per heavy atom. The van der Waals surface area contributed by atoms with Gasteiger partial charge < -0.3 is 20.5 Å². The molecule has 1 unspecified atom stereocenters. The third-order valence-corrected chi connectivity index (χ3v) is 4.74. The van der Waals surface area contributed by atoms with E-state index < -0.39 is 5.54 Å². The lowest BCUT2D eigenvalue weighted by Gasteiger charge is -2.25. The van der Waals surface area contributed by atoms with Crippen molar-refractivity contribution in [1.82, 2.24) is 0 Å². The molecule has 1 heterocycles. The molecule has 5 nitrogen and oxygen atoms in total. The van der Waals surface area contributed by atoms with Crippen LogP contribution in [-0.4, -0.2) is 25.2 Å². The zero-order valence-corrected chi connectivity index (χ0v) is 16.6. The average Bonchev–Trinajstić information content (AvgIpc) is 2.65. The van der Waals surface area contributed by atoms with E-state index in [1.54, 1.807) is 6.92 Å². The topological polar surface area (TPSA) is 73.6 Å². The van der Waals surface area contributed by atoms with Crippen LogP contribution in [0.4, 0.5) is 5.69 Å². The predicted octanol–water partition coefficient (Wildman–Crippen LogP) is 3.79. The van der Waals surface area contributed by atoms with Gasteiger partial charge in [-0.15, -0.1) is 12.4 Å². The molecule has 27 heavy (non-hydrogen) atoms. The Kier molecular flexibility index (Phi) is 7.25. The van der Waals surface area contributed by atoms with E-state index in [4.69, 9.17) is 15.2 Å². The van der Waals surface area contributed by atoms with Gasteiger partial charge in [-0.05, 0) is 43.2 Å². The highest BCUT2D eigenvalue weighted by Gasteiger charge is 2.30. The van der Waals surface area contributed by atoms with Gasteiger partial charge >= 0.3 is 0 Å². The molecule has 6 heteroatoms. The third-order valence-electron chi connectivity index (χ3n) is 4.74. The van der Waals surface area contributed by atoms with Crippen molar-refractivity contribution in [1.29, 1.82) is 0 Å². The number of halogens is 1. The fourth-order valence-corrected chi connectivity index (χ4v) is 3.01. The first-order valence-electron chi connectivity index (χ1n) is 8.98. The van der Waals surface area contributed by atoms with Gasteiger partial charge in [0.05, 0.1) is 13.2 Å². The molecule has 3 rings (SSSR count). The summed E-state index contributed by atoms with van der Waals surface area (Å²) in [5.74, 6) is 0.592. The maximum Gasteiger partial charge on any atom is 0.248 e. The van der Waals surface area contributed by atoms with Crippen molar-refractivity contribution in [2.75, 3.05) is 18.5 Å². The summed E-state index contributed by atoms with van der Waals surface area (Å²) in [6.07, 6.45) is 1.99. The zero-order chi connectivity index (χ0) is 18.6. The summed E-state index contributed by atoms with van der Waals surface area (Å²) in [6, 6.07) is 15.0. The Hall–Kier alpha value is -2.08. The Labute approximate surface area is 166 Å². The van der Waals surface area contributed by atoms with E-state index in [0.717, 1.165) is 42.9 Å². The minimum Gasteiger partial charge on any atom is -0.490 e. The number of nitrogens with two attached hydrogens (primary N) is 1. The van der Waals surface area contributed by atoms with Crippen LogP contribution in [-0.2, 0) is 15.1 Å². The number of hydrogen-bond acceptors (Lipinski definition) is 4. The normalized spacial score (nSPS) is 16.7. The molecule has 1 fully saturated rings. The number of ether oxygens (including phenoxy) is 2. The molecule has 0 saturated carbocycles. The van der Waals surface area contributed by atoms with Gasteiger partial charge in [-0.1, -0.05) is 30.3 Å². The van der Waals surface area contributed by atoms with Crippen molar-refractivity contribution in [2.24, 2.45) is 5.73 Å². The molecular weight excluding hydrogens is 364 g/mol. The van der Waals surface area contributed by atoms with Crippen LogP contribution in [0.25, 0.3) is 0 Å². The van der Waals surface area contributed by atoms with E-state index in [2.05, 4.69) is 5.32 Å². The Balaban J connectivity index is 0.00000261.